The molecule has 0 saturated carbocycles. The van der Waals surface area contributed by atoms with Gasteiger partial charge in [-0.15, -0.1) is 0 Å². The number of aromatic nitrogens is 2. The highest BCUT2D eigenvalue weighted by molar-refractivity contribution is 6.99. The lowest BCUT2D eigenvalue weighted by molar-refractivity contribution is 0.0960. The lowest BCUT2D eigenvalue weighted by Gasteiger charge is -2.16. The summed E-state index contributed by atoms with van der Waals surface area (Å²) in [5, 5.41) is 9.20. The Morgan fingerprint density at radius 3 is 2.68 bits per heavy atom. The molecular weight excluding hydrogens is 378 g/mol. The van der Waals surface area contributed by atoms with Crippen molar-refractivity contribution in [1.29, 1.82) is 0 Å². The number of rotatable bonds is 8. The molecule has 0 aliphatic heterocycles. The number of nitrogens with one attached hydrogen (secondary N) is 3. The predicted octanol–water partition coefficient (Wildman–Crippen LogP) is 4.11. The third-order valence-corrected chi connectivity index (χ3v) is 4.78. The molecule has 9 heteroatoms. The first-order valence-electron chi connectivity index (χ1n) is 8.88. The number of ether oxygens (including phenoxy) is 1. The van der Waals surface area contributed by atoms with E-state index in [1.807, 2.05) is 25.1 Å². The third-order valence-electron chi connectivity index (χ3n) is 4.26. The van der Waals surface area contributed by atoms with E-state index < -0.39 is 0 Å². The molecule has 28 heavy (non-hydrogen) atoms. The maximum atomic E-state index is 12.1. The van der Waals surface area contributed by atoms with Gasteiger partial charge in [0.2, 0.25) is 0 Å². The van der Waals surface area contributed by atoms with Gasteiger partial charge >= 0.3 is 0 Å². The van der Waals surface area contributed by atoms with Gasteiger partial charge in [0.25, 0.3) is 5.91 Å². The van der Waals surface area contributed by atoms with E-state index in [2.05, 4.69) is 31.6 Å². The summed E-state index contributed by atoms with van der Waals surface area (Å²) in [6.07, 6.45) is 0.819. The van der Waals surface area contributed by atoms with Gasteiger partial charge in [-0.1, -0.05) is 13.0 Å². The van der Waals surface area contributed by atoms with Crippen LogP contribution in [0.4, 0.5) is 17.3 Å². The first-order chi connectivity index (χ1) is 13.6. The molecule has 2 aromatic heterocycles. The Morgan fingerprint density at radius 2 is 2.04 bits per heavy atom. The molecular formula is C19H23N5O3S. The van der Waals surface area contributed by atoms with E-state index in [9.17, 15) is 4.79 Å². The molecule has 0 bridgehead atoms. The fourth-order valence-corrected chi connectivity index (χ4v) is 3.32. The first-order valence-corrected chi connectivity index (χ1v) is 9.61. The van der Waals surface area contributed by atoms with E-state index in [4.69, 9.17) is 9.15 Å². The Hall–Kier alpha value is -3.07. The molecule has 3 N–H and O–H groups in total. The zero-order chi connectivity index (χ0) is 20.1. The Kier molecular flexibility index (Phi) is 6.15. The second kappa shape index (κ2) is 8.75. The highest BCUT2D eigenvalue weighted by Crippen LogP contribution is 2.34. The largest absolute Gasteiger partial charge is 0.494 e. The van der Waals surface area contributed by atoms with Gasteiger partial charge in [0.1, 0.15) is 11.5 Å². The summed E-state index contributed by atoms with van der Waals surface area (Å²) in [6.45, 7) is 3.98. The lowest BCUT2D eigenvalue weighted by Crippen LogP contribution is -2.19. The number of hydrogen-bond acceptors (Lipinski definition) is 8. The van der Waals surface area contributed by atoms with Crippen molar-refractivity contribution in [2.45, 2.75) is 26.3 Å². The van der Waals surface area contributed by atoms with Gasteiger partial charge in [-0.05, 0) is 37.6 Å². The number of methoxy groups -OCH3 is 1. The van der Waals surface area contributed by atoms with E-state index in [1.165, 1.54) is 7.11 Å². The van der Waals surface area contributed by atoms with E-state index in [0.717, 1.165) is 29.7 Å². The number of furan rings is 1. The fourth-order valence-electron chi connectivity index (χ4n) is 2.84. The van der Waals surface area contributed by atoms with E-state index in [-0.39, 0.29) is 11.9 Å². The van der Waals surface area contributed by atoms with Crippen LogP contribution in [0.2, 0.25) is 0 Å². The van der Waals surface area contributed by atoms with Crippen LogP contribution in [0.1, 0.15) is 41.3 Å². The maximum Gasteiger partial charge on any atom is 0.254 e. The number of anilines is 3. The van der Waals surface area contributed by atoms with Crippen LogP contribution < -0.4 is 20.7 Å². The highest BCUT2D eigenvalue weighted by Gasteiger charge is 2.20. The van der Waals surface area contributed by atoms with E-state index >= 15 is 0 Å². The monoisotopic (exact) mass is 401 g/mol. The summed E-state index contributed by atoms with van der Waals surface area (Å²) in [5.74, 6) is 3.08. The predicted molar refractivity (Wildman–Crippen MR) is 110 cm³/mol. The fraction of sp³-hybridized carbons (Fsp3) is 0.316. The smallest absolute Gasteiger partial charge is 0.254 e. The Balaban J connectivity index is 1.86. The number of para-hydroxylation sites is 1. The summed E-state index contributed by atoms with van der Waals surface area (Å²) in [7, 11) is 3.10. The molecule has 2 heterocycles. The van der Waals surface area contributed by atoms with Crippen LogP contribution in [0.3, 0.4) is 0 Å². The molecule has 0 unspecified atom stereocenters. The standard InChI is InChI=1S/C19H23N5O3S/c1-5-13(15-10-9-11(2)27-15)21-17-18(24-28-23-17)22-14-8-6-7-12(16(14)26-4)19(25)20-3/h6-10,13H,5H2,1-4H3,(H,20,25)(H,21,23)(H,22,24)/t13-/m1/s1. The summed E-state index contributed by atoms with van der Waals surface area (Å²) in [6, 6.07) is 9.17. The maximum absolute atomic E-state index is 12.1. The molecule has 3 aromatic rings. The summed E-state index contributed by atoms with van der Waals surface area (Å²) in [4.78, 5) is 12.1. The molecule has 1 amide bonds. The SMILES string of the molecule is CC[C@@H](Nc1nsnc1Nc1cccc(C(=O)NC)c1OC)c1ccc(C)o1. The van der Waals surface area contributed by atoms with E-state index in [1.54, 1.807) is 19.2 Å². The Bertz CT molecular complexity index is 953. The van der Waals surface area contributed by atoms with Crippen LogP contribution in [0.15, 0.2) is 34.7 Å². The van der Waals surface area contributed by atoms with Crippen LogP contribution in [0, 0.1) is 6.92 Å². The Labute approximate surface area is 167 Å². The van der Waals surface area contributed by atoms with Gasteiger partial charge in [-0.25, -0.2) is 0 Å². The molecule has 3 rings (SSSR count). The average molecular weight is 401 g/mol. The van der Waals surface area contributed by atoms with Crippen molar-refractivity contribution in [3.8, 4) is 5.75 Å². The number of carbonyl (C=O) groups excluding carboxylic acids is 1. The van der Waals surface area contributed by atoms with Crippen LogP contribution in [-0.4, -0.2) is 28.8 Å². The average Bonchev–Trinajstić information content (AvgIpc) is 3.33. The zero-order valence-electron chi connectivity index (χ0n) is 16.2. The van der Waals surface area contributed by atoms with Crippen LogP contribution in [0.5, 0.6) is 5.75 Å². The molecule has 1 aromatic carbocycles. The minimum Gasteiger partial charge on any atom is -0.494 e. The summed E-state index contributed by atoms with van der Waals surface area (Å²) >= 11 is 1.09. The summed E-state index contributed by atoms with van der Waals surface area (Å²) in [5.41, 5.74) is 1.06. The van der Waals surface area contributed by atoms with Crippen molar-refractivity contribution in [3.05, 3.63) is 47.4 Å². The van der Waals surface area contributed by atoms with Crippen LogP contribution >= 0.6 is 11.7 Å². The Morgan fingerprint density at radius 1 is 1.25 bits per heavy atom. The lowest BCUT2D eigenvalue weighted by atomic mass is 10.1. The summed E-state index contributed by atoms with van der Waals surface area (Å²) < 4.78 is 19.9. The normalized spacial score (nSPS) is 11.7. The molecule has 0 fully saturated rings. The second-order valence-corrected chi connectivity index (χ2v) is 6.63. The van der Waals surface area contributed by atoms with Crippen molar-refractivity contribution in [2.24, 2.45) is 0 Å². The van der Waals surface area contributed by atoms with Gasteiger partial charge in [-0.3, -0.25) is 4.79 Å². The van der Waals surface area contributed by atoms with Gasteiger partial charge in [-0.2, -0.15) is 8.75 Å². The third kappa shape index (κ3) is 4.09. The minimum atomic E-state index is -0.227. The molecule has 1 atom stereocenters. The van der Waals surface area contributed by atoms with Crippen molar-refractivity contribution >= 4 is 35.0 Å². The molecule has 0 spiro atoms. The molecule has 0 saturated heterocycles. The van der Waals surface area contributed by atoms with Crippen molar-refractivity contribution in [2.75, 3.05) is 24.8 Å². The number of amides is 1. The number of hydrogen-bond donors (Lipinski definition) is 3. The van der Waals surface area contributed by atoms with Gasteiger partial charge in [0, 0.05) is 7.05 Å². The van der Waals surface area contributed by atoms with Crippen LogP contribution in [0.25, 0.3) is 0 Å². The van der Waals surface area contributed by atoms with Gasteiger partial charge < -0.3 is 25.1 Å². The molecule has 148 valence electrons. The molecule has 8 nitrogen and oxygen atoms in total. The van der Waals surface area contributed by atoms with E-state index in [0.29, 0.717) is 28.6 Å². The number of aryl methyl sites for hydroxylation is 1. The number of nitrogens with zero attached hydrogens (tertiary/aromatic N) is 2. The number of carbonyl (C=O) groups is 1. The first kappa shape index (κ1) is 19.7. The van der Waals surface area contributed by atoms with Crippen molar-refractivity contribution < 1.29 is 13.9 Å². The minimum absolute atomic E-state index is 0.0303. The van der Waals surface area contributed by atoms with Gasteiger partial charge in [0.15, 0.2) is 17.4 Å². The zero-order valence-corrected chi connectivity index (χ0v) is 17.0. The van der Waals surface area contributed by atoms with Crippen molar-refractivity contribution in [3.63, 3.8) is 0 Å². The topological polar surface area (TPSA) is 101 Å². The van der Waals surface area contributed by atoms with Crippen LogP contribution in [-0.2, 0) is 0 Å². The van der Waals surface area contributed by atoms with Gasteiger partial charge in [0.05, 0.1) is 36.1 Å². The quantitative estimate of drug-likeness (QED) is 0.522. The molecule has 0 aliphatic rings. The van der Waals surface area contributed by atoms with Crippen molar-refractivity contribution in [1.82, 2.24) is 14.1 Å². The second-order valence-electron chi connectivity index (χ2n) is 6.11. The molecule has 0 radical (unpaired) electrons. The highest BCUT2D eigenvalue weighted by atomic mass is 32.1. The number of benzene rings is 1. The molecule has 0 aliphatic carbocycles.